The second-order valence-electron chi connectivity index (χ2n) is 33.8. The van der Waals surface area contributed by atoms with Crippen molar-refractivity contribution in [1.29, 1.82) is 0 Å². The van der Waals surface area contributed by atoms with E-state index in [9.17, 15) is 142 Å². The number of primary amides is 1. The summed E-state index contributed by atoms with van der Waals surface area (Å²) in [7, 11) is 0. The normalized spacial score (nSPS) is 15.8. The molecule has 134 heavy (non-hydrogen) atoms. The number of phenolic OH excluding ortho intramolecular Hbond substituents is 1. The minimum absolute atomic E-state index is 0.109. The molecule has 0 saturated heterocycles. The summed E-state index contributed by atoms with van der Waals surface area (Å²) in [5, 5.41) is 127. The van der Waals surface area contributed by atoms with E-state index in [1.54, 1.807) is 70.2 Å². The van der Waals surface area contributed by atoms with E-state index in [1.807, 2.05) is 0 Å². The van der Waals surface area contributed by atoms with Crippen molar-refractivity contribution in [3.63, 3.8) is 0 Å². The van der Waals surface area contributed by atoms with E-state index in [2.05, 4.69) is 84.7 Å². The number of phenols is 1. The van der Waals surface area contributed by atoms with Gasteiger partial charge in [-0.05, 0) is 106 Å². The number of hydrogen-bond donors (Lipinski definition) is 27. The Bertz CT molecular complexity index is 4780. The third-order valence-corrected chi connectivity index (χ3v) is 21.3. The summed E-state index contributed by atoms with van der Waals surface area (Å²) in [5.41, 5.74) is 12.9. The zero-order chi connectivity index (χ0) is 101. The van der Waals surface area contributed by atoms with Gasteiger partial charge in [-0.15, -0.1) is 0 Å². The lowest BCUT2D eigenvalue weighted by atomic mass is 9.95. The van der Waals surface area contributed by atoms with Crippen molar-refractivity contribution in [3.8, 4) is 5.75 Å². The number of nitrogens with two attached hydrogens (primary N) is 2. The number of benzene rings is 3. The van der Waals surface area contributed by atoms with Crippen LogP contribution in [-0.4, -0.2) is 291 Å². The van der Waals surface area contributed by atoms with Gasteiger partial charge in [0, 0.05) is 49.2 Å². The van der Waals surface area contributed by atoms with Crippen LogP contribution in [0.2, 0.25) is 0 Å². The van der Waals surface area contributed by atoms with E-state index >= 15 is 0 Å². The van der Waals surface area contributed by atoms with Gasteiger partial charge in [-0.2, -0.15) is 0 Å². The number of carboxylic acids is 4. The van der Waals surface area contributed by atoms with Gasteiger partial charge < -0.3 is 142 Å². The number of aromatic amines is 1. The van der Waals surface area contributed by atoms with Gasteiger partial charge in [0.1, 0.15) is 96.4 Å². The minimum Gasteiger partial charge on any atom is -0.508 e. The summed E-state index contributed by atoms with van der Waals surface area (Å²) >= 11 is 0. The SMILES string of the molecule is CC[C@H](C)[C@H](NC(=O)[C@H](CC(C)C)NC(=O)[C@@H](NC(=O)[C@H](CCC(=O)O)NC(=O)[C@H](CC(N)=O)NC(=O)[C@H](CCC(=O)O)NC(=O)CNC(=O)[C@@H](NC(=O)[C@H](Cc1ccccc1)NC(=O)[C@H](CC(=O)O)NC(=O)[C@H](Cc1c[nH]c2ccccc12)NC(=O)[C@@H](NC(=O)[C@@H](NC(=O)[C@@H](N)[C@@H](C)O)[C@@H](C)O)[C@@H](C)O)C(C)C)C(C)C)C(=O)N[C@H](C(=O)N[C@@H](Cc1ccc(O)cc1)C(=O)O)[C@@H](C)O. The molecule has 1 aromatic heterocycles. The van der Waals surface area contributed by atoms with Crippen LogP contribution in [0, 0.1) is 23.7 Å². The number of aliphatic hydroxyl groups excluding tert-OH is 4. The molecule has 3 aromatic carbocycles. The highest BCUT2D eigenvalue weighted by Gasteiger charge is 2.42. The molecule has 47 heteroatoms. The maximum Gasteiger partial charge on any atom is 0.326 e. The summed E-state index contributed by atoms with van der Waals surface area (Å²) in [5.74, 6) is -28.2. The van der Waals surface area contributed by atoms with Gasteiger partial charge >= 0.3 is 23.9 Å². The van der Waals surface area contributed by atoms with Gasteiger partial charge in [-0.1, -0.05) is 122 Å². The number of fused-ring (bicyclic) bond motifs is 1. The minimum atomic E-state index is -2.11. The Morgan fingerprint density at radius 2 is 0.739 bits per heavy atom. The number of aromatic hydroxyl groups is 1. The molecule has 29 N–H and O–H groups in total. The maximum atomic E-state index is 14.7. The van der Waals surface area contributed by atoms with Crippen molar-refractivity contribution < 1.29 is 142 Å². The standard InChI is InChI=1S/C87H126N18O29/c1-13-42(8)69(83(129)104-71(45(11)108)85(131)99-60(87(133)134)33-48-23-25-50(110)26-24-48)102-78(124)55(31-39(2)3)97-82(128)68(41(6)7)101-74(120)54(28-30-64(115)116)93-76(122)58(35-61(88)111)95-73(119)53(27-29-63(113)114)92-62(112)38-91-81(127)67(40(4)5)100-79(125)56(32-47-19-15-14-16-20-47)94-77(123)59(36-65(117)118)96-75(121)57(34-49-37-90-52-22-18-17-21-51(49)52)98-84(130)70(44(10)107)105-86(132)72(46(12)109)103-80(126)66(89)43(9)106/h14-26,37,39-46,53-60,66-72,90,106-110H,13,27-36,38,89H2,1-12H3,(H2,88,111)(H,91,127)(H,92,112)(H,93,122)(H,94,123)(H,95,119)(H,96,121)(H,97,128)(H,98,130)(H,99,131)(H,100,125)(H,101,120)(H,102,124)(H,103,126)(H,104,129)(H,105,132)(H,113,114)(H,115,116)(H,117,118)(H,133,134)/t42-,43+,44+,45+,46+,53-,54-,55-,56-,57-,58-,59-,60-,66-,67-,68-,69-,70-,71-,72-/m0/s1. The molecule has 0 aliphatic carbocycles. The molecule has 4 rings (SSSR count). The molecule has 0 unspecified atom stereocenters. The summed E-state index contributed by atoms with van der Waals surface area (Å²) in [6.07, 6.45) is -11.6. The number of rotatable bonds is 57. The van der Waals surface area contributed by atoms with Crippen molar-refractivity contribution in [2.45, 2.75) is 269 Å². The molecule has 0 saturated carbocycles. The van der Waals surface area contributed by atoms with Crippen molar-refractivity contribution in [2.24, 2.45) is 35.1 Å². The largest absolute Gasteiger partial charge is 0.508 e. The third-order valence-electron chi connectivity index (χ3n) is 21.3. The fourth-order valence-corrected chi connectivity index (χ4v) is 13.5. The molecule has 0 spiro atoms. The first-order chi connectivity index (χ1) is 62.7. The molecule has 20 atom stereocenters. The van der Waals surface area contributed by atoms with Gasteiger partial charge in [-0.25, -0.2) is 4.79 Å². The van der Waals surface area contributed by atoms with E-state index in [4.69, 9.17) is 11.5 Å². The number of hydrogen-bond acceptors (Lipinski definition) is 26. The molecule has 4 aromatic rings. The summed E-state index contributed by atoms with van der Waals surface area (Å²) in [6, 6.07) is -6.73. The van der Waals surface area contributed by atoms with Gasteiger partial charge in [0.2, 0.25) is 94.5 Å². The summed E-state index contributed by atoms with van der Waals surface area (Å²) < 4.78 is 0. The monoisotopic (exact) mass is 1890 g/mol. The Hall–Kier alpha value is -13.8. The van der Waals surface area contributed by atoms with E-state index in [0.29, 0.717) is 27.6 Å². The second kappa shape index (κ2) is 54.3. The predicted molar refractivity (Wildman–Crippen MR) is 475 cm³/mol. The van der Waals surface area contributed by atoms with Crippen molar-refractivity contribution >= 4 is 129 Å². The number of amides is 16. The Balaban J connectivity index is 1.56. The molecule has 0 radical (unpaired) electrons. The molecule has 16 amide bonds. The van der Waals surface area contributed by atoms with E-state index in [-0.39, 0.29) is 30.9 Å². The van der Waals surface area contributed by atoms with Gasteiger partial charge in [0.05, 0.1) is 43.8 Å². The topological polar surface area (TPSA) is 772 Å². The fourth-order valence-electron chi connectivity index (χ4n) is 13.5. The Kier molecular flexibility index (Phi) is 45.6. The molecule has 0 fully saturated rings. The fraction of sp³-hybridized carbons (Fsp3) is 0.540. The van der Waals surface area contributed by atoms with Crippen LogP contribution in [-0.2, 0) is 115 Å². The Morgan fingerprint density at radius 1 is 0.366 bits per heavy atom. The number of aliphatic hydroxyl groups is 4. The van der Waals surface area contributed by atoms with Crippen molar-refractivity contribution in [1.82, 2.24) is 84.7 Å². The lowest BCUT2D eigenvalue weighted by molar-refractivity contribution is -0.143. The first kappa shape index (κ1) is 113. The molecular weight excluding hydrogens is 1760 g/mol. The van der Waals surface area contributed by atoms with Crippen LogP contribution < -0.4 is 91.2 Å². The summed E-state index contributed by atoms with van der Waals surface area (Å²) in [4.78, 5) is 277. The predicted octanol–water partition coefficient (Wildman–Crippen LogP) is -5.78. The average molecular weight is 1890 g/mol. The van der Waals surface area contributed by atoms with Crippen LogP contribution in [0.1, 0.15) is 151 Å². The quantitative estimate of drug-likeness (QED) is 0.0196. The number of H-pyrrole nitrogens is 1. The number of carbonyl (C=O) groups excluding carboxylic acids is 16. The molecule has 47 nitrogen and oxygen atoms in total. The number of aliphatic carboxylic acids is 4. The molecule has 0 aliphatic heterocycles. The van der Waals surface area contributed by atoms with Crippen LogP contribution in [0.3, 0.4) is 0 Å². The molecule has 738 valence electrons. The Morgan fingerprint density at radius 3 is 1.22 bits per heavy atom. The van der Waals surface area contributed by atoms with Gasteiger partial charge in [-0.3, -0.25) is 91.1 Å². The van der Waals surface area contributed by atoms with Crippen LogP contribution in [0.15, 0.2) is 85.1 Å². The highest BCUT2D eigenvalue weighted by molar-refractivity contribution is 6.02. The summed E-state index contributed by atoms with van der Waals surface area (Å²) in [6.45, 7) is 15.8. The van der Waals surface area contributed by atoms with E-state index in [1.165, 1.54) is 77.2 Å². The Labute approximate surface area is 770 Å². The molecule has 1 heterocycles. The van der Waals surface area contributed by atoms with Crippen LogP contribution in [0.4, 0.5) is 0 Å². The van der Waals surface area contributed by atoms with Crippen LogP contribution >= 0.6 is 0 Å². The molecule has 0 aliphatic rings. The molecule has 0 bridgehead atoms. The highest BCUT2D eigenvalue weighted by atomic mass is 16.4. The third kappa shape index (κ3) is 37.1. The number of carboxylic acid groups (broad SMARTS) is 4. The van der Waals surface area contributed by atoms with Gasteiger partial charge in [0.25, 0.3) is 0 Å². The lowest BCUT2D eigenvalue weighted by Crippen LogP contribution is -2.63. The van der Waals surface area contributed by atoms with Crippen molar-refractivity contribution in [3.05, 3.63) is 102 Å². The van der Waals surface area contributed by atoms with Gasteiger partial charge in [0.15, 0.2) is 0 Å². The first-order valence-electron chi connectivity index (χ1n) is 43.3. The van der Waals surface area contributed by atoms with E-state index < -0.39 is 309 Å². The number of carbonyl (C=O) groups is 20. The number of para-hydroxylation sites is 1. The number of aromatic nitrogens is 1. The van der Waals surface area contributed by atoms with E-state index in [0.717, 1.165) is 20.8 Å². The smallest absolute Gasteiger partial charge is 0.326 e. The molecular formula is C87H126N18O29. The second-order valence-corrected chi connectivity index (χ2v) is 33.8. The lowest BCUT2D eigenvalue weighted by Gasteiger charge is -2.31. The number of nitrogens with one attached hydrogen (secondary N) is 16. The first-order valence-corrected chi connectivity index (χ1v) is 43.3. The van der Waals surface area contributed by atoms with Crippen LogP contribution in [0.5, 0.6) is 5.75 Å². The average Bonchev–Trinajstić information content (AvgIpc) is 1.67. The zero-order valence-electron chi connectivity index (χ0n) is 76.2. The maximum absolute atomic E-state index is 14.7. The van der Waals surface area contributed by atoms with Crippen LogP contribution in [0.25, 0.3) is 10.9 Å². The van der Waals surface area contributed by atoms with Crippen molar-refractivity contribution in [2.75, 3.05) is 6.54 Å². The zero-order valence-corrected chi connectivity index (χ0v) is 76.2. The highest BCUT2D eigenvalue weighted by Crippen LogP contribution is 2.22.